The van der Waals surface area contributed by atoms with Gasteiger partial charge in [-0.25, -0.2) is 0 Å². The van der Waals surface area contributed by atoms with Crippen LogP contribution in [0.25, 0.3) is 0 Å². The first-order chi connectivity index (χ1) is 9.47. The molecule has 0 saturated heterocycles. The number of rotatable bonds is 5. The normalized spacial score (nSPS) is 12.6. The Balaban J connectivity index is 3.57. The smallest absolute Gasteiger partial charge is 0.417 e. The third-order valence-corrected chi connectivity index (χ3v) is 3.41. The highest BCUT2D eigenvalue weighted by Gasteiger charge is 2.37. The van der Waals surface area contributed by atoms with E-state index in [0.717, 1.165) is 0 Å². The van der Waals surface area contributed by atoms with E-state index in [-0.39, 0.29) is 12.6 Å². The van der Waals surface area contributed by atoms with Crippen molar-refractivity contribution in [2.75, 3.05) is 0 Å². The van der Waals surface area contributed by atoms with E-state index in [2.05, 4.69) is 0 Å². The van der Waals surface area contributed by atoms with Gasteiger partial charge in [-0.1, -0.05) is 13.3 Å². The fraction of sp³-hybridized carbons (Fsp3) is 0.545. The molecule has 1 rings (SSSR count). The van der Waals surface area contributed by atoms with Gasteiger partial charge in [0.25, 0.3) is 15.7 Å². The minimum atomic E-state index is -5.03. The van der Waals surface area contributed by atoms with Crippen LogP contribution in [0.3, 0.4) is 0 Å². The molecular weight excluding hydrogens is 315 g/mol. The van der Waals surface area contributed by atoms with E-state index >= 15 is 0 Å². The van der Waals surface area contributed by atoms with Gasteiger partial charge in [-0.05, 0) is 6.42 Å². The van der Waals surface area contributed by atoms with Crippen LogP contribution in [0.5, 0.6) is 5.88 Å². The van der Waals surface area contributed by atoms with E-state index in [1.807, 2.05) is 0 Å². The molecule has 0 radical (unpaired) electrons. The molecule has 0 amide bonds. The summed E-state index contributed by atoms with van der Waals surface area (Å²) in [6.07, 6.45) is -4.01. The maximum atomic E-state index is 12.8. The molecule has 0 aromatic carbocycles. The first kappa shape index (κ1) is 17.5. The Morgan fingerprint density at radius 2 is 1.90 bits per heavy atom. The first-order valence-corrected chi connectivity index (χ1v) is 7.56. The Labute approximate surface area is 118 Å². The number of aromatic nitrogens is 1. The topological polar surface area (TPSA) is 96.6 Å². The Bertz CT molecular complexity index is 678. The van der Waals surface area contributed by atoms with E-state index in [1.54, 1.807) is 6.92 Å². The van der Waals surface area contributed by atoms with Gasteiger partial charge in [0.2, 0.25) is 0 Å². The molecule has 1 aromatic heterocycles. The zero-order valence-electron chi connectivity index (χ0n) is 11.0. The molecule has 120 valence electrons. The number of pyridine rings is 1. The lowest BCUT2D eigenvalue weighted by molar-refractivity contribution is -0.138. The van der Waals surface area contributed by atoms with Gasteiger partial charge in [-0.3, -0.25) is 13.9 Å². The summed E-state index contributed by atoms with van der Waals surface area (Å²) >= 11 is 0. The largest absolute Gasteiger partial charge is 0.494 e. The molecule has 10 heteroatoms. The summed E-state index contributed by atoms with van der Waals surface area (Å²) in [4.78, 5) is 11.6. The van der Waals surface area contributed by atoms with E-state index in [0.29, 0.717) is 17.4 Å². The number of nitrogens with zero attached hydrogens (tertiary/aromatic N) is 1. The Morgan fingerprint density at radius 1 is 1.33 bits per heavy atom. The average Bonchev–Trinajstić information content (AvgIpc) is 2.29. The predicted molar refractivity (Wildman–Crippen MR) is 67.5 cm³/mol. The molecule has 0 fully saturated rings. The Morgan fingerprint density at radius 3 is 2.33 bits per heavy atom. The standard InChI is InChI=1S/C11H14F3NO5S/c1-2-3-4-15-9(16)5-8(11(12,13)14)7(10(15)17)6-21(18,19)20/h5,17H,2-4,6H2,1H3,(H,18,19,20). The number of unbranched alkanes of at least 4 members (excludes halogenated alkanes) is 1. The van der Waals surface area contributed by atoms with Crippen molar-refractivity contribution in [3.63, 3.8) is 0 Å². The van der Waals surface area contributed by atoms with Crippen LogP contribution in [0.4, 0.5) is 13.2 Å². The molecule has 0 spiro atoms. The van der Waals surface area contributed by atoms with Crippen LogP contribution in [0.15, 0.2) is 10.9 Å². The zero-order chi connectivity index (χ0) is 16.4. The van der Waals surface area contributed by atoms with Crippen molar-refractivity contribution in [3.05, 3.63) is 27.5 Å². The molecule has 6 nitrogen and oxygen atoms in total. The fourth-order valence-corrected chi connectivity index (χ4v) is 2.44. The zero-order valence-corrected chi connectivity index (χ0v) is 11.8. The highest BCUT2D eigenvalue weighted by molar-refractivity contribution is 7.85. The van der Waals surface area contributed by atoms with Crippen LogP contribution >= 0.6 is 0 Å². The van der Waals surface area contributed by atoms with E-state index in [4.69, 9.17) is 4.55 Å². The van der Waals surface area contributed by atoms with Gasteiger partial charge in [0.05, 0.1) is 5.56 Å². The van der Waals surface area contributed by atoms with Gasteiger partial charge in [-0.15, -0.1) is 0 Å². The third kappa shape index (κ3) is 4.46. The van der Waals surface area contributed by atoms with Crippen LogP contribution in [0.1, 0.15) is 30.9 Å². The molecule has 0 aliphatic carbocycles. The Hall–Kier alpha value is -1.55. The van der Waals surface area contributed by atoms with Crippen LogP contribution in [0.2, 0.25) is 0 Å². The first-order valence-electron chi connectivity index (χ1n) is 5.95. The number of alkyl halides is 3. The lowest BCUT2D eigenvalue weighted by Gasteiger charge is -2.17. The molecule has 1 aromatic rings. The molecule has 0 aliphatic rings. The predicted octanol–water partition coefficient (Wildman–Crippen LogP) is 1.76. The van der Waals surface area contributed by atoms with Crippen LogP contribution in [-0.4, -0.2) is 22.6 Å². The summed E-state index contributed by atoms with van der Waals surface area (Å²) in [5.74, 6) is -2.53. The lowest BCUT2D eigenvalue weighted by atomic mass is 10.1. The van der Waals surface area contributed by atoms with Crippen molar-refractivity contribution in [2.24, 2.45) is 0 Å². The minimum absolute atomic E-state index is 0.0578. The van der Waals surface area contributed by atoms with Crippen LogP contribution < -0.4 is 5.56 Å². The van der Waals surface area contributed by atoms with E-state index < -0.39 is 44.6 Å². The van der Waals surface area contributed by atoms with Crippen LogP contribution in [-0.2, 0) is 28.6 Å². The highest BCUT2D eigenvalue weighted by Crippen LogP contribution is 2.35. The summed E-state index contributed by atoms with van der Waals surface area (Å²) in [6.45, 7) is 1.71. The summed E-state index contributed by atoms with van der Waals surface area (Å²) in [5.41, 5.74) is -3.71. The maximum Gasteiger partial charge on any atom is 0.417 e. The van der Waals surface area contributed by atoms with Gasteiger partial charge < -0.3 is 5.11 Å². The van der Waals surface area contributed by atoms with Crippen molar-refractivity contribution >= 4 is 10.1 Å². The molecular formula is C11H14F3NO5S. The maximum absolute atomic E-state index is 12.8. The molecule has 1 heterocycles. The Kier molecular flexibility index (Phi) is 5.05. The van der Waals surface area contributed by atoms with Crippen molar-refractivity contribution in [1.29, 1.82) is 0 Å². The second kappa shape index (κ2) is 6.06. The molecule has 0 bridgehead atoms. The SMILES string of the molecule is CCCCn1c(O)c(CS(=O)(=O)O)c(C(F)(F)F)cc1=O. The van der Waals surface area contributed by atoms with Crippen LogP contribution in [0, 0.1) is 0 Å². The molecule has 0 atom stereocenters. The molecule has 21 heavy (non-hydrogen) atoms. The summed E-state index contributed by atoms with van der Waals surface area (Å²) in [7, 11) is -4.81. The van der Waals surface area contributed by atoms with E-state index in [1.165, 1.54) is 0 Å². The molecule has 0 saturated carbocycles. The van der Waals surface area contributed by atoms with Gasteiger partial charge in [0.1, 0.15) is 5.75 Å². The van der Waals surface area contributed by atoms with Gasteiger partial charge in [0.15, 0.2) is 5.88 Å². The second-order valence-corrected chi connectivity index (χ2v) is 5.88. The number of hydrogen-bond acceptors (Lipinski definition) is 4. The summed E-state index contributed by atoms with van der Waals surface area (Å²) in [6, 6.07) is 0.218. The monoisotopic (exact) mass is 329 g/mol. The van der Waals surface area contributed by atoms with Gasteiger partial charge >= 0.3 is 6.18 Å². The summed E-state index contributed by atoms with van der Waals surface area (Å²) < 4.78 is 69.5. The molecule has 0 aliphatic heterocycles. The van der Waals surface area contributed by atoms with Crippen molar-refractivity contribution in [1.82, 2.24) is 4.57 Å². The lowest BCUT2D eigenvalue weighted by Crippen LogP contribution is -2.25. The second-order valence-electron chi connectivity index (χ2n) is 4.43. The average molecular weight is 329 g/mol. The van der Waals surface area contributed by atoms with Gasteiger partial charge in [0, 0.05) is 18.2 Å². The number of hydrogen-bond donors (Lipinski definition) is 2. The quantitative estimate of drug-likeness (QED) is 0.803. The molecule has 0 unspecified atom stereocenters. The minimum Gasteiger partial charge on any atom is -0.494 e. The number of aromatic hydroxyl groups is 1. The van der Waals surface area contributed by atoms with Crippen molar-refractivity contribution in [3.8, 4) is 5.88 Å². The van der Waals surface area contributed by atoms with Gasteiger partial charge in [-0.2, -0.15) is 21.6 Å². The van der Waals surface area contributed by atoms with E-state index in [9.17, 15) is 31.5 Å². The molecule has 2 N–H and O–H groups in total. The number of halogens is 3. The fourth-order valence-electron chi connectivity index (χ4n) is 1.79. The van der Waals surface area contributed by atoms with Crippen molar-refractivity contribution in [2.45, 2.75) is 38.2 Å². The summed E-state index contributed by atoms with van der Waals surface area (Å²) in [5, 5.41) is 9.79. The highest BCUT2D eigenvalue weighted by atomic mass is 32.2. The van der Waals surface area contributed by atoms with Crippen molar-refractivity contribution < 1.29 is 31.2 Å². The third-order valence-electron chi connectivity index (χ3n) is 2.75.